The van der Waals surface area contributed by atoms with Crippen molar-refractivity contribution in [3.05, 3.63) is 48.4 Å². The number of piperidine rings is 1. The highest BCUT2D eigenvalue weighted by atomic mass is 16.5. The average molecular weight is 340 g/mol. The number of rotatable bonds is 6. The van der Waals surface area contributed by atoms with Crippen molar-refractivity contribution in [1.82, 2.24) is 20.2 Å². The van der Waals surface area contributed by atoms with Gasteiger partial charge in [-0.25, -0.2) is 4.98 Å². The number of amides is 1. The van der Waals surface area contributed by atoms with Crippen molar-refractivity contribution in [2.75, 3.05) is 26.7 Å². The summed E-state index contributed by atoms with van der Waals surface area (Å²) in [5.74, 6) is 1.78. The molecule has 1 aromatic carbocycles. The third-order valence-electron chi connectivity index (χ3n) is 4.55. The third kappa shape index (κ3) is 4.76. The zero-order chi connectivity index (χ0) is 17.5. The maximum Gasteiger partial charge on any atom is 0.253 e. The molecular weight excluding hydrogens is 316 g/mol. The smallest absolute Gasteiger partial charge is 0.253 e. The maximum absolute atomic E-state index is 12.8. The van der Waals surface area contributed by atoms with Crippen molar-refractivity contribution in [2.45, 2.75) is 19.3 Å². The van der Waals surface area contributed by atoms with E-state index in [1.54, 1.807) is 24.7 Å². The highest BCUT2D eigenvalue weighted by molar-refractivity contribution is 5.94. The second-order valence-corrected chi connectivity index (χ2v) is 6.30. The lowest BCUT2D eigenvalue weighted by Crippen LogP contribution is -2.38. The number of benzene rings is 1. The van der Waals surface area contributed by atoms with Crippen molar-refractivity contribution in [3.63, 3.8) is 0 Å². The van der Waals surface area contributed by atoms with E-state index in [0.29, 0.717) is 23.1 Å². The minimum Gasteiger partial charge on any atom is -0.437 e. The summed E-state index contributed by atoms with van der Waals surface area (Å²) in [6.07, 6.45) is 8.03. The lowest BCUT2D eigenvalue weighted by molar-refractivity contribution is 0.0687. The number of carbonyl (C=O) groups is 1. The third-order valence-corrected chi connectivity index (χ3v) is 4.55. The first-order chi connectivity index (χ1) is 12.3. The number of hydrogen-bond acceptors (Lipinski definition) is 5. The summed E-state index contributed by atoms with van der Waals surface area (Å²) in [6, 6.07) is 7.25. The Bertz CT molecular complexity index is 685. The van der Waals surface area contributed by atoms with Crippen molar-refractivity contribution in [3.8, 4) is 11.6 Å². The first-order valence-electron chi connectivity index (χ1n) is 8.74. The van der Waals surface area contributed by atoms with Gasteiger partial charge in [0.05, 0.1) is 6.20 Å². The van der Waals surface area contributed by atoms with Crippen molar-refractivity contribution in [2.24, 2.45) is 5.92 Å². The first kappa shape index (κ1) is 17.4. The van der Waals surface area contributed by atoms with E-state index in [0.717, 1.165) is 32.5 Å². The van der Waals surface area contributed by atoms with Crippen LogP contribution in [0.15, 0.2) is 42.9 Å². The molecule has 0 unspecified atom stereocenters. The Morgan fingerprint density at radius 1 is 1.32 bits per heavy atom. The van der Waals surface area contributed by atoms with Crippen LogP contribution in [-0.4, -0.2) is 47.5 Å². The number of nitrogens with one attached hydrogen (secondary N) is 1. The van der Waals surface area contributed by atoms with Gasteiger partial charge in [-0.2, -0.15) is 0 Å². The number of hydrogen-bond donors (Lipinski definition) is 1. The molecule has 6 nitrogen and oxygen atoms in total. The van der Waals surface area contributed by atoms with Gasteiger partial charge >= 0.3 is 0 Å². The van der Waals surface area contributed by atoms with E-state index in [-0.39, 0.29) is 5.91 Å². The van der Waals surface area contributed by atoms with Gasteiger partial charge in [0, 0.05) is 31.0 Å². The fourth-order valence-electron chi connectivity index (χ4n) is 3.11. The van der Waals surface area contributed by atoms with Crippen LogP contribution in [0.3, 0.4) is 0 Å². The standard InChI is InChI=1S/C19H24N4O2/c1-20-8-5-15-6-11-23(12-7-15)19(24)16-3-2-4-17(13-16)25-18-14-21-9-10-22-18/h2-4,9-10,13-15,20H,5-8,11-12H2,1H3. The van der Waals surface area contributed by atoms with Crippen LogP contribution in [-0.2, 0) is 0 Å². The Kier molecular flexibility index (Phi) is 5.95. The molecule has 0 aliphatic carbocycles. The van der Waals surface area contributed by atoms with Crippen LogP contribution in [0, 0.1) is 5.92 Å². The summed E-state index contributed by atoms with van der Waals surface area (Å²) in [5.41, 5.74) is 0.648. The highest BCUT2D eigenvalue weighted by Gasteiger charge is 2.23. The van der Waals surface area contributed by atoms with Crippen LogP contribution >= 0.6 is 0 Å². The van der Waals surface area contributed by atoms with E-state index in [1.165, 1.54) is 6.42 Å². The molecule has 1 aliphatic heterocycles. The average Bonchev–Trinajstić information content (AvgIpc) is 2.67. The van der Waals surface area contributed by atoms with Gasteiger partial charge in [-0.15, -0.1) is 0 Å². The Morgan fingerprint density at radius 3 is 2.88 bits per heavy atom. The van der Waals surface area contributed by atoms with Gasteiger partial charge in [0.15, 0.2) is 0 Å². The summed E-state index contributed by atoms with van der Waals surface area (Å²) in [4.78, 5) is 22.8. The summed E-state index contributed by atoms with van der Waals surface area (Å²) in [6.45, 7) is 2.69. The van der Waals surface area contributed by atoms with Crippen molar-refractivity contribution < 1.29 is 9.53 Å². The van der Waals surface area contributed by atoms with Gasteiger partial charge in [-0.05, 0) is 57.0 Å². The van der Waals surface area contributed by atoms with Gasteiger partial charge in [-0.1, -0.05) is 6.07 Å². The van der Waals surface area contributed by atoms with E-state index in [9.17, 15) is 4.79 Å². The number of likely N-dealkylation sites (tertiary alicyclic amines) is 1. The van der Waals surface area contributed by atoms with E-state index in [1.807, 2.05) is 30.1 Å². The molecular formula is C19H24N4O2. The molecule has 0 saturated carbocycles. The topological polar surface area (TPSA) is 67.4 Å². The Balaban J connectivity index is 1.60. The molecule has 1 N–H and O–H groups in total. The Morgan fingerprint density at radius 2 is 2.16 bits per heavy atom. The fraction of sp³-hybridized carbons (Fsp3) is 0.421. The molecule has 6 heteroatoms. The van der Waals surface area contributed by atoms with Gasteiger partial charge in [0.2, 0.25) is 5.88 Å². The zero-order valence-electron chi connectivity index (χ0n) is 14.5. The van der Waals surface area contributed by atoms with Crippen molar-refractivity contribution in [1.29, 1.82) is 0 Å². The van der Waals surface area contributed by atoms with Gasteiger partial charge in [0.1, 0.15) is 5.75 Å². The molecule has 25 heavy (non-hydrogen) atoms. The molecule has 2 aromatic rings. The molecule has 1 saturated heterocycles. The molecule has 2 heterocycles. The molecule has 1 amide bonds. The Labute approximate surface area is 148 Å². The second kappa shape index (κ2) is 8.58. The van der Waals surface area contributed by atoms with Crippen molar-refractivity contribution >= 4 is 5.91 Å². The number of nitrogens with zero attached hydrogens (tertiary/aromatic N) is 3. The van der Waals surface area contributed by atoms with Gasteiger partial charge < -0.3 is 15.0 Å². The summed E-state index contributed by atoms with van der Waals surface area (Å²) < 4.78 is 5.67. The maximum atomic E-state index is 12.8. The second-order valence-electron chi connectivity index (χ2n) is 6.30. The van der Waals surface area contributed by atoms with Crippen LogP contribution in [0.2, 0.25) is 0 Å². The minimum absolute atomic E-state index is 0.0664. The monoisotopic (exact) mass is 340 g/mol. The quantitative estimate of drug-likeness (QED) is 0.876. The number of ether oxygens (including phenoxy) is 1. The van der Waals surface area contributed by atoms with Gasteiger partial charge in [0.25, 0.3) is 5.91 Å². The summed E-state index contributed by atoms with van der Waals surface area (Å²) in [5, 5.41) is 3.20. The normalized spacial score (nSPS) is 15.2. The predicted molar refractivity (Wildman–Crippen MR) is 95.7 cm³/mol. The first-order valence-corrected chi connectivity index (χ1v) is 8.74. The molecule has 1 aromatic heterocycles. The van der Waals surface area contributed by atoms with E-state index in [2.05, 4.69) is 15.3 Å². The highest BCUT2D eigenvalue weighted by Crippen LogP contribution is 2.24. The lowest BCUT2D eigenvalue weighted by Gasteiger charge is -2.32. The molecule has 0 bridgehead atoms. The minimum atomic E-state index is 0.0664. The molecule has 3 rings (SSSR count). The molecule has 0 atom stereocenters. The summed E-state index contributed by atoms with van der Waals surface area (Å²) in [7, 11) is 1.98. The zero-order valence-corrected chi connectivity index (χ0v) is 14.5. The van der Waals surface area contributed by atoms with E-state index >= 15 is 0 Å². The molecule has 1 fully saturated rings. The fourth-order valence-corrected chi connectivity index (χ4v) is 3.11. The van der Waals surface area contributed by atoms with Crippen LogP contribution in [0.1, 0.15) is 29.6 Å². The van der Waals surface area contributed by atoms with Crippen LogP contribution in [0.25, 0.3) is 0 Å². The molecule has 132 valence electrons. The van der Waals surface area contributed by atoms with E-state index < -0.39 is 0 Å². The van der Waals surface area contributed by atoms with Crippen LogP contribution in [0.5, 0.6) is 11.6 Å². The number of aromatic nitrogens is 2. The SMILES string of the molecule is CNCCC1CCN(C(=O)c2cccc(Oc3cnccn3)c2)CC1. The Hall–Kier alpha value is -2.47. The van der Waals surface area contributed by atoms with Crippen LogP contribution in [0.4, 0.5) is 0 Å². The van der Waals surface area contributed by atoms with E-state index in [4.69, 9.17) is 4.74 Å². The molecule has 0 radical (unpaired) electrons. The van der Waals surface area contributed by atoms with Gasteiger partial charge in [-0.3, -0.25) is 9.78 Å². The molecule has 1 aliphatic rings. The summed E-state index contributed by atoms with van der Waals surface area (Å²) >= 11 is 0. The lowest BCUT2D eigenvalue weighted by atomic mass is 9.93. The van der Waals surface area contributed by atoms with Crippen LogP contribution < -0.4 is 10.1 Å². The molecule has 0 spiro atoms. The number of carbonyl (C=O) groups excluding carboxylic acids is 1. The predicted octanol–water partition coefficient (Wildman–Crippen LogP) is 2.73. The largest absolute Gasteiger partial charge is 0.437 e.